The molecule has 3 nitrogen and oxygen atoms in total. The van der Waals surface area contributed by atoms with Crippen LogP contribution in [0.4, 0.5) is 0 Å². The van der Waals surface area contributed by atoms with Crippen LogP contribution < -0.4 is 0 Å². The molecule has 0 aliphatic rings. The van der Waals surface area contributed by atoms with Crippen LogP contribution in [0.25, 0.3) is 0 Å². The fourth-order valence-corrected chi connectivity index (χ4v) is 1.33. The van der Waals surface area contributed by atoms with E-state index in [2.05, 4.69) is 4.74 Å². The van der Waals surface area contributed by atoms with Gasteiger partial charge in [-0.2, -0.15) is 0 Å². The van der Waals surface area contributed by atoms with Crippen molar-refractivity contribution in [2.24, 2.45) is 0 Å². The third-order valence-electron chi connectivity index (χ3n) is 1.21. The van der Waals surface area contributed by atoms with Gasteiger partial charge in [0, 0.05) is 16.6 Å². The number of methoxy groups -OCH3 is 1. The van der Waals surface area contributed by atoms with E-state index in [4.69, 9.17) is 0 Å². The highest BCUT2D eigenvalue weighted by atomic mass is 32.2. The quantitative estimate of drug-likeness (QED) is 0.564. The van der Waals surface area contributed by atoms with E-state index >= 15 is 0 Å². The number of carbonyl (C=O) groups is 1. The first-order chi connectivity index (χ1) is 4.63. The molecule has 0 fully saturated rings. The molecule has 0 saturated heterocycles. The Balaban J connectivity index is 3.94. The molecule has 2 unspecified atom stereocenters. The Kier molecular flexibility index (Phi) is 4.27. The minimum absolute atomic E-state index is 0.403. The molecule has 0 aromatic heterocycles. The molecular weight excluding hydrogens is 152 g/mol. The number of carbonyl (C=O) groups excluding carboxylic acids is 1. The highest BCUT2D eigenvalue weighted by Gasteiger charge is 2.18. The molecule has 0 spiro atoms. The first kappa shape index (κ1) is 9.62. The molecule has 0 bridgehead atoms. The minimum atomic E-state index is -1.08. The second-order valence-electron chi connectivity index (χ2n) is 1.83. The van der Waals surface area contributed by atoms with Crippen molar-refractivity contribution in [2.75, 3.05) is 12.9 Å². The summed E-state index contributed by atoms with van der Waals surface area (Å²) >= 11 is 0. The minimum Gasteiger partial charge on any atom is -0.468 e. The highest BCUT2D eigenvalue weighted by molar-refractivity contribution is 7.86. The molecule has 4 heteroatoms. The summed E-state index contributed by atoms with van der Waals surface area (Å²) in [4.78, 5) is 10.7. The third-order valence-corrected chi connectivity index (χ3v) is 2.76. The van der Waals surface area contributed by atoms with Crippen LogP contribution >= 0.6 is 0 Å². The largest absolute Gasteiger partial charge is 0.468 e. The van der Waals surface area contributed by atoms with E-state index < -0.39 is 22.0 Å². The van der Waals surface area contributed by atoms with E-state index in [9.17, 15) is 9.00 Å². The molecule has 0 aromatic rings. The Hall–Kier alpha value is -0.380. The van der Waals surface area contributed by atoms with E-state index in [1.54, 1.807) is 13.8 Å². The zero-order valence-electron chi connectivity index (χ0n) is 6.42. The van der Waals surface area contributed by atoms with Gasteiger partial charge in [0.25, 0.3) is 0 Å². The monoisotopic (exact) mass is 164 g/mol. The van der Waals surface area contributed by atoms with Crippen molar-refractivity contribution in [1.29, 1.82) is 0 Å². The van der Waals surface area contributed by atoms with Crippen molar-refractivity contribution >= 4 is 16.8 Å². The van der Waals surface area contributed by atoms with E-state index in [0.29, 0.717) is 5.75 Å². The summed E-state index contributed by atoms with van der Waals surface area (Å²) in [5.41, 5.74) is 0. The molecule has 0 saturated carbocycles. The van der Waals surface area contributed by atoms with Gasteiger partial charge in [-0.25, -0.2) is 0 Å². The Bertz CT molecular complexity index is 128. The fourth-order valence-electron chi connectivity index (χ4n) is 0.523. The number of ether oxygens (including phenoxy) is 1. The van der Waals surface area contributed by atoms with Crippen LogP contribution in [0.15, 0.2) is 0 Å². The van der Waals surface area contributed by atoms with Crippen molar-refractivity contribution in [3.05, 3.63) is 0 Å². The molecule has 0 aliphatic carbocycles. The van der Waals surface area contributed by atoms with Crippen molar-refractivity contribution in [1.82, 2.24) is 0 Å². The average Bonchev–Trinajstić information content (AvgIpc) is 2.00. The van der Waals surface area contributed by atoms with Crippen molar-refractivity contribution in [3.8, 4) is 0 Å². The number of esters is 1. The molecule has 0 heterocycles. The highest BCUT2D eigenvalue weighted by Crippen LogP contribution is 1.97. The maximum absolute atomic E-state index is 10.9. The van der Waals surface area contributed by atoms with Crippen LogP contribution in [-0.4, -0.2) is 28.3 Å². The van der Waals surface area contributed by atoms with Crippen LogP contribution in [0.3, 0.4) is 0 Å². The SMILES string of the molecule is CCS(=O)C(C)C(=O)OC. The van der Waals surface area contributed by atoms with Gasteiger partial charge in [0.05, 0.1) is 7.11 Å². The van der Waals surface area contributed by atoms with Gasteiger partial charge < -0.3 is 4.74 Å². The van der Waals surface area contributed by atoms with Gasteiger partial charge in [-0.15, -0.1) is 0 Å². The van der Waals surface area contributed by atoms with Gasteiger partial charge in [-0.1, -0.05) is 6.92 Å². The van der Waals surface area contributed by atoms with Crippen LogP contribution in [0.5, 0.6) is 0 Å². The standard InChI is InChI=1S/C6H12O3S/c1-4-10(8)5(2)6(7)9-3/h5H,4H2,1-3H3. The van der Waals surface area contributed by atoms with E-state index in [1.807, 2.05) is 0 Å². The van der Waals surface area contributed by atoms with E-state index in [1.165, 1.54) is 7.11 Å². The molecule has 0 aromatic carbocycles. The maximum atomic E-state index is 10.9. The lowest BCUT2D eigenvalue weighted by Crippen LogP contribution is -2.24. The summed E-state index contributed by atoms with van der Waals surface area (Å²) in [7, 11) is 0.221. The van der Waals surface area contributed by atoms with Crippen molar-refractivity contribution in [2.45, 2.75) is 19.1 Å². The number of hydrogen-bond donors (Lipinski definition) is 0. The lowest BCUT2D eigenvalue weighted by molar-refractivity contribution is -0.139. The Morgan fingerprint density at radius 2 is 2.20 bits per heavy atom. The molecular formula is C6H12O3S. The van der Waals surface area contributed by atoms with Gasteiger partial charge >= 0.3 is 5.97 Å². The molecule has 0 N–H and O–H groups in total. The van der Waals surface area contributed by atoms with Crippen LogP contribution in [0, 0.1) is 0 Å². The summed E-state index contributed by atoms with van der Waals surface area (Å²) in [6.07, 6.45) is 0. The topological polar surface area (TPSA) is 43.4 Å². The predicted molar refractivity (Wildman–Crippen MR) is 40.2 cm³/mol. The zero-order chi connectivity index (χ0) is 8.15. The van der Waals surface area contributed by atoms with Gasteiger partial charge in [-0.3, -0.25) is 9.00 Å². The van der Waals surface area contributed by atoms with Crippen LogP contribution in [0.1, 0.15) is 13.8 Å². The zero-order valence-corrected chi connectivity index (χ0v) is 7.23. The van der Waals surface area contributed by atoms with E-state index in [0.717, 1.165) is 0 Å². The Labute approximate surface area is 63.2 Å². The number of hydrogen-bond acceptors (Lipinski definition) is 3. The predicted octanol–water partition coefficient (Wildman–Crippen LogP) is 0.317. The first-order valence-corrected chi connectivity index (χ1v) is 4.46. The second kappa shape index (κ2) is 4.44. The second-order valence-corrected chi connectivity index (χ2v) is 3.88. The summed E-state index contributed by atoms with van der Waals surface area (Å²) in [6, 6.07) is 0. The lowest BCUT2D eigenvalue weighted by atomic mass is 10.5. The van der Waals surface area contributed by atoms with Crippen molar-refractivity contribution in [3.63, 3.8) is 0 Å². The normalized spacial score (nSPS) is 15.9. The summed E-state index contributed by atoms with van der Waals surface area (Å²) in [5.74, 6) is 0.0937. The smallest absolute Gasteiger partial charge is 0.321 e. The van der Waals surface area contributed by atoms with Crippen molar-refractivity contribution < 1.29 is 13.7 Å². The molecule has 0 rings (SSSR count). The Morgan fingerprint density at radius 3 is 2.50 bits per heavy atom. The maximum Gasteiger partial charge on any atom is 0.321 e. The van der Waals surface area contributed by atoms with Crippen LogP contribution in [0.2, 0.25) is 0 Å². The molecule has 0 amide bonds. The molecule has 0 aliphatic heterocycles. The summed E-state index contributed by atoms with van der Waals surface area (Å²) in [6.45, 7) is 3.38. The third kappa shape index (κ3) is 2.47. The molecule has 0 radical (unpaired) electrons. The molecule has 60 valence electrons. The summed E-state index contributed by atoms with van der Waals surface area (Å²) in [5, 5.41) is -0.491. The van der Waals surface area contributed by atoms with E-state index in [-0.39, 0.29) is 0 Å². The molecule has 10 heavy (non-hydrogen) atoms. The fraction of sp³-hybridized carbons (Fsp3) is 0.833. The average molecular weight is 164 g/mol. The first-order valence-electron chi connectivity index (χ1n) is 3.08. The van der Waals surface area contributed by atoms with Gasteiger partial charge in [0.1, 0.15) is 5.25 Å². The van der Waals surface area contributed by atoms with Gasteiger partial charge in [0.15, 0.2) is 0 Å². The van der Waals surface area contributed by atoms with Gasteiger partial charge in [-0.05, 0) is 6.92 Å². The lowest BCUT2D eigenvalue weighted by Gasteiger charge is -2.05. The Morgan fingerprint density at radius 1 is 1.70 bits per heavy atom. The van der Waals surface area contributed by atoms with Crippen LogP contribution in [-0.2, 0) is 20.3 Å². The van der Waals surface area contributed by atoms with Gasteiger partial charge in [0.2, 0.25) is 0 Å². The molecule has 2 atom stereocenters. The summed E-state index contributed by atoms with van der Waals surface area (Å²) < 4.78 is 15.3. The number of rotatable bonds is 3.